The minimum absolute atomic E-state index is 0.187. The largest absolute Gasteiger partial charge is 0.508 e. The third-order valence-electron chi connectivity index (χ3n) is 5.42. The molecule has 0 aliphatic carbocycles. The maximum absolute atomic E-state index is 9.95. The fraction of sp³-hybridized carbons (Fsp3) is 0.364. The number of H-pyrrole nitrogens is 1. The van der Waals surface area contributed by atoms with E-state index in [4.69, 9.17) is 4.74 Å². The molecule has 3 aromatic rings. The molecule has 25 heavy (non-hydrogen) atoms. The number of phenols is 1. The van der Waals surface area contributed by atoms with Crippen molar-refractivity contribution in [1.82, 2.24) is 4.98 Å². The van der Waals surface area contributed by atoms with Crippen LogP contribution in [0, 0.1) is 20.8 Å². The van der Waals surface area contributed by atoms with Crippen LogP contribution in [0.2, 0.25) is 0 Å². The van der Waals surface area contributed by atoms with E-state index < -0.39 is 0 Å². The van der Waals surface area contributed by atoms with Gasteiger partial charge in [0.05, 0.1) is 6.10 Å². The molecular formula is C22H25NO2. The number of benzene rings is 2. The molecule has 2 heterocycles. The van der Waals surface area contributed by atoms with Crippen molar-refractivity contribution in [3.8, 4) is 16.9 Å². The van der Waals surface area contributed by atoms with E-state index in [1.165, 1.54) is 45.3 Å². The molecule has 1 aliphatic rings. The van der Waals surface area contributed by atoms with Crippen molar-refractivity contribution in [2.45, 2.75) is 46.1 Å². The van der Waals surface area contributed by atoms with Gasteiger partial charge in [-0.25, -0.2) is 0 Å². The zero-order valence-electron chi connectivity index (χ0n) is 15.1. The van der Waals surface area contributed by atoms with Crippen LogP contribution in [0.25, 0.3) is 22.0 Å². The average molecular weight is 335 g/mol. The van der Waals surface area contributed by atoms with Gasteiger partial charge in [0.15, 0.2) is 0 Å². The van der Waals surface area contributed by atoms with Crippen LogP contribution in [-0.4, -0.2) is 16.7 Å². The predicted molar refractivity (Wildman–Crippen MR) is 102 cm³/mol. The van der Waals surface area contributed by atoms with E-state index in [0.717, 1.165) is 25.0 Å². The van der Waals surface area contributed by atoms with Crippen molar-refractivity contribution in [3.63, 3.8) is 0 Å². The normalized spacial score (nSPS) is 18.0. The number of hydrogen-bond donors (Lipinski definition) is 2. The lowest BCUT2D eigenvalue weighted by atomic mass is 9.90. The third-order valence-corrected chi connectivity index (χ3v) is 5.42. The molecule has 0 bridgehead atoms. The Labute approximate surface area is 148 Å². The van der Waals surface area contributed by atoms with Crippen LogP contribution in [0.15, 0.2) is 30.3 Å². The number of fused-ring (bicyclic) bond motifs is 1. The van der Waals surface area contributed by atoms with Crippen molar-refractivity contribution in [2.75, 3.05) is 6.61 Å². The number of hydrogen-bond acceptors (Lipinski definition) is 2. The van der Waals surface area contributed by atoms with Crippen molar-refractivity contribution in [2.24, 2.45) is 0 Å². The van der Waals surface area contributed by atoms with Crippen LogP contribution < -0.4 is 0 Å². The molecule has 2 N–H and O–H groups in total. The molecule has 0 spiro atoms. The van der Waals surface area contributed by atoms with E-state index in [-0.39, 0.29) is 6.10 Å². The van der Waals surface area contributed by atoms with Crippen LogP contribution in [0.3, 0.4) is 0 Å². The summed E-state index contributed by atoms with van der Waals surface area (Å²) in [7, 11) is 0. The SMILES string of the molecule is Cc1ccc(O)cc1-c1c(C)cc2[nH]c(C3CCCCO3)cc2c1C. The summed E-state index contributed by atoms with van der Waals surface area (Å²) in [5, 5.41) is 11.2. The highest BCUT2D eigenvalue weighted by molar-refractivity contribution is 5.93. The lowest BCUT2D eigenvalue weighted by molar-refractivity contribution is 0.0127. The Kier molecular flexibility index (Phi) is 4.04. The van der Waals surface area contributed by atoms with Crippen molar-refractivity contribution in [1.29, 1.82) is 0 Å². The third kappa shape index (κ3) is 2.83. The molecule has 4 rings (SSSR count). The highest BCUT2D eigenvalue weighted by Gasteiger charge is 2.20. The molecule has 1 fully saturated rings. The molecule has 1 saturated heterocycles. The summed E-state index contributed by atoms with van der Waals surface area (Å²) in [4.78, 5) is 3.58. The maximum atomic E-state index is 9.95. The quantitative estimate of drug-likeness (QED) is 0.630. The van der Waals surface area contributed by atoms with Gasteiger partial charge in [0, 0.05) is 23.2 Å². The lowest BCUT2D eigenvalue weighted by Gasteiger charge is -2.21. The number of aromatic hydroxyl groups is 1. The number of aryl methyl sites for hydroxylation is 3. The van der Waals surface area contributed by atoms with E-state index >= 15 is 0 Å². The first-order valence-corrected chi connectivity index (χ1v) is 9.09. The number of phenolic OH excluding ortho intramolecular Hbond substituents is 1. The maximum Gasteiger partial charge on any atom is 0.116 e. The second-order valence-electron chi connectivity index (χ2n) is 7.23. The van der Waals surface area contributed by atoms with Gasteiger partial charge < -0.3 is 14.8 Å². The van der Waals surface area contributed by atoms with Crippen molar-refractivity contribution >= 4 is 10.9 Å². The Morgan fingerprint density at radius 2 is 1.88 bits per heavy atom. The van der Waals surface area contributed by atoms with Gasteiger partial charge in [0.25, 0.3) is 0 Å². The Bertz CT molecular complexity index is 933. The summed E-state index contributed by atoms with van der Waals surface area (Å²) in [5.41, 5.74) is 8.32. The van der Waals surface area contributed by atoms with Gasteiger partial charge in [-0.2, -0.15) is 0 Å². The minimum atomic E-state index is 0.187. The van der Waals surface area contributed by atoms with Crippen LogP contribution in [-0.2, 0) is 4.74 Å². The summed E-state index contributed by atoms with van der Waals surface area (Å²) in [6.07, 6.45) is 3.66. The van der Waals surface area contributed by atoms with E-state index in [9.17, 15) is 5.11 Å². The standard InChI is InChI=1S/C22H25NO2/c1-13-7-8-16(24)11-17(13)22-14(2)10-19-18(15(22)3)12-20(23-19)21-6-4-5-9-25-21/h7-8,10-12,21,23-24H,4-6,9H2,1-3H3. The average Bonchev–Trinajstić information content (AvgIpc) is 3.03. The summed E-state index contributed by atoms with van der Waals surface area (Å²) in [6, 6.07) is 10.1. The number of aromatic nitrogens is 1. The highest BCUT2D eigenvalue weighted by atomic mass is 16.5. The number of nitrogens with one attached hydrogen (secondary N) is 1. The van der Waals surface area contributed by atoms with Crippen molar-refractivity contribution < 1.29 is 9.84 Å². The molecule has 130 valence electrons. The lowest BCUT2D eigenvalue weighted by Crippen LogP contribution is -2.11. The summed E-state index contributed by atoms with van der Waals surface area (Å²) in [5.74, 6) is 0.310. The van der Waals surface area contributed by atoms with Gasteiger partial charge in [0.1, 0.15) is 5.75 Å². The number of rotatable bonds is 2. The molecule has 2 aromatic carbocycles. The first kappa shape index (κ1) is 16.2. The molecule has 1 atom stereocenters. The topological polar surface area (TPSA) is 45.2 Å². The zero-order chi connectivity index (χ0) is 17.6. The second kappa shape index (κ2) is 6.23. The van der Waals surface area contributed by atoms with Gasteiger partial charge in [-0.3, -0.25) is 0 Å². The van der Waals surface area contributed by atoms with Crippen LogP contribution in [0.4, 0.5) is 0 Å². The minimum Gasteiger partial charge on any atom is -0.508 e. The van der Waals surface area contributed by atoms with Gasteiger partial charge >= 0.3 is 0 Å². The molecule has 3 nitrogen and oxygen atoms in total. The monoisotopic (exact) mass is 335 g/mol. The smallest absolute Gasteiger partial charge is 0.116 e. The molecule has 1 aromatic heterocycles. The molecular weight excluding hydrogens is 310 g/mol. The fourth-order valence-corrected chi connectivity index (χ4v) is 4.09. The summed E-state index contributed by atoms with van der Waals surface area (Å²) < 4.78 is 5.95. The first-order valence-electron chi connectivity index (χ1n) is 9.09. The van der Waals surface area contributed by atoms with Gasteiger partial charge in [0.2, 0.25) is 0 Å². The zero-order valence-corrected chi connectivity index (χ0v) is 15.1. The Morgan fingerprint density at radius 3 is 2.64 bits per heavy atom. The van der Waals surface area contributed by atoms with Gasteiger partial charge in [-0.1, -0.05) is 6.07 Å². The number of ether oxygens (including phenoxy) is 1. The van der Waals surface area contributed by atoms with Crippen molar-refractivity contribution in [3.05, 3.63) is 52.7 Å². The van der Waals surface area contributed by atoms with E-state index in [0.29, 0.717) is 5.75 Å². The molecule has 0 amide bonds. The Balaban J connectivity index is 1.87. The molecule has 0 saturated carbocycles. The van der Waals surface area contributed by atoms with E-state index in [1.54, 1.807) is 6.07 Å². The van der Waals surface area contributed by atoms with E-state index in [1.807, 2.05) is 12.1 Å². The summed E-state index contributed by atoms with van der Waals surface area (Å²) >= 11 is 0. The van der Waals surface area contributed by atoms with Crippen LogP contribution in [0.1, 0.15) is 47.8 Å². The summed E-state index contributed by atoms with van der Waals surface area (Å²) in [6.45, 7) is 7.26. The predicted octanol–water partition coefficient (Wildman–Crippen LogP) is 5.71. The Morgan fingerprint density at radius 1 is 1.04 bits per heavy atom. The molecule has 0 radical (unpaired) electrons. The number of aromatic amines is 1. The van der Waals surface area contributed by atoms with E-state index in [2.05, 4.69) is 37.9 Å². The second-order valence-corrected chi connectivity index (χ2v) is 7.23. The van der Waals surface area contributed by atoms with Crippen LogP contribution in [0.5, 0.6) is 5.75 Å². The first-order chi connectivity index (χ1) is 12.0. The molecule has 1 unspecified atom stereocenters. The Hall–Kier alpha value is -2.26. The van der Waals surface area contributed by atoms with Gasteiger partial charge in [-0.15, -0.1) is 0 Å². The van der Waals surface area contributed by atoms with Gasteiger partial charge in [-0.05, 0) is 92.1 Å². The highest BCUT2D eigenvalue weighted by Crippen LogP contribution is 2.38. The van der Waals surface area contributed by atoms with Crippen LogP contribution >= 0.6 is 0 Å². The molecule has 3 heteroatoms. The molecule has 1 aliphatic heterocycles. The fourth-order valence-electron chi connectivity index (χ4n) is 4.09.